The number of hydrogen-bond donors (Lipinski definition) is 2. The predicted molar refractivity (Wildman–Crippen MR) is 119 cm³/mol. The van der Waals surface area contributed by atoms with Crippen LogP contribution < -0.4 is 10.6 Å². The van der Waals surface area contributed by atoms with Crippen molar-refractivity contribution in [3.8, 4) is 11.4 Å². The molecule has 4 aromatic rings. The Balaban J connectivity index is 1.53. The van der Waals surface area contributed by atoms with Crippen LogP contribution in [0.5, 0.6) is 0 Å². The number of para-hydroxylation sites is 1. The molecule has 2 aromatic heterocycles. The SMILES string of the molecule is Cc1nn(C(=S)Nc2ccccc2Cl)cc1-c1nsc(Nc2cccc(F)c2)n1. The Kier molecular flexibility index (Phi) is 5.52. The Morgan fingerprint density at radius 1 is 1.21 bits per heavy atom. The van der Waals surface area contributed by atoms with Crippen molar-refractivity contribution in [1.29, 1.82) is 0 Å². The summed E-state index contributed by atoms with van der Waals surface area (Å²) in [4.78, 5) is 4.47. The number of benzene rings is 2. The van der Waals surface area contributed by atoms with Gasteiger partial charge in [-0.3, -0.25) is 0 Å². The fourth-order valence-corrected chi connectivity index (χ4v) is 3.58. The number of nitrogens with one attached hydrogen (secondary N) is 2. The van der Waals surface area contributed by atoms with Crippen LogP contribution in [0.25, 0.3) is 11.4 Å². The number of rotatable bonds is 4. The van der Waals surface area contributed by atoms with Gasteiger partial charge in [-0.15, -0.1) is 0 Å². The van der Waals surface area contributed by atoms with E-state index in [1.54, 1.807) is 29.1 Å². The molecule has 2 aromatic carbocycles. The summed E-state index contributed by atoms with van der Waals surface area (Å²) in [5.74, 6) is 0.189. The largest absolute Gasteiger partial charge is 0.330 e. The number of halogens is 2. The number of aryl methyl sites for hydroxylation is 1. The minimum atomic E-state index is -0.323. The van der Waals surface area contributed by atoms with Gasteiger partial charge in [0, 0.05) is 23.4 Å². The van der Waals surface area contributed by atoms with E-state index in [4.69, 9.17) is 23.8 Å². The fraction of sp³-hybridized carbons (Fsp3) is 0.0526. The van der Waals surface area contributed by atoms with Crippen LogP contribution in [0, 0.1) is 12.7 Å². The maximum absolute atomic E-state index is 13.3. The molecule has 0 bridgehead atoms. The normalized spacial score (nSPS) is 10.7. The minimum Gasteiger partial charge on any atom is -0.330 e. The van der Waals surface area contributed by atoms with Crippen LogP contribution in [-0.2, 0) is 0 Å². The maximum Gasteiger partial charge on any atom is 0.207 e. The van der Waals surface area contributed by atoms with Gasteiger partial charge in [0.25, 0.3) is 0 Å². The molecule has 0 amide bonds. The molecule has 2 N–H and O–H groups in total. The molecule has 6 nitrogen and oxygen atoms in total. The van der Waals surface area contributed by atoms with Crippen molar-refractivity contribution in [2.75, 3.05) is 10.6 Å². The van der Waals surface area contributed by atoms with E-state index in [2.05, 4.69) is 25.1 Å². The first kappa shape index (κ1) is 19.4. The van der Waals surface area contributed by atoms with E-state index in [1.807, 2.05) is 25.1 Å². The highest BCUT2D eigenvalue weighted by atomic mass is 35.5. The van der Waals surface area contributed by atoms with Crippen LogP contribution in [0.15, 0.2) is 54.7 Å². The summed E-state index contributed by atoms with van der Waals surface area (Å²) in [7, 11) is 0. The zero-order valence-electron chi connectivity index (χ0n) is 15.1. The number of aromatic nitrogens is 4. The van der Waals surface area contributed by atoms with Crippen LogP contribution in [0.4, 0.5) is 20.9 Å². The molecule has 0 radical (unpaired) electrons. The van der Waals surface area contributed by atoms with E-state index in [0.717, 1.165) is 11.3 Å². The summed E-state index contributed by atoms with van der Waals surface area (Å²) in [5, 5.41) is 12.1. The predicted octanol–water partition coefficient (Wildman–Crippen LogP) is 5.49. The Labute approximate surface area is 180 Å². The van der Waals surface area contributed by atoms with Crippen LogP contribution in [-0.4, -0.2) is 24.3 Å². The van der Waals surface area contributed by atoms with Gasteiger partial charge in [0.2, 0.25) is 5.13 Å². The highest BCUT2D eigenvalue weighted by Gasteiger charge is 2.15. The number of hydrogen-bond acceptors (Lipinski definition) is 6. The lowest BCUT2D eigenvalue weighted by Gasteiger charge is -2.08. The van der Waals surface area contributed by atoms with Gasteiger partial charge in [-0.05, 0) is 49.5 Å². The molecule has 4 rings (SSSR count). The monoisotopic (exact) mass is 444 g/mol. The van der Waals surface area contributed by atoms with Gasteiger partial charge < -0.3 is 10.6 Å². The fourth-order valence-electron chi connectivity index (χ4n) is 2.59. The third-order valence-electron chi connectivity index (χ3n) is 3.97. The summed E-state index contributed by atoms with van der Waals surface area (Å²) in [6.45, 7) is 1.85. The number of thiocarbonyl (C=S) groups is 1. The Bertz CT molecular complexity index is 1190. The second kappa shape index (κ2) is 8.24. The third kappa shape index (κ3) is 4.42. The number of anilines is 3. The first-order valence-electron chi connectivity index (χ1n) is 8.48. The molecule has 0 saturated carbocycles. The Morgan fingerprint density at radius 3 is 2.83 bits per heavy atom. The average molecular weight is 445 g/mol. The third-order valence-corrected chi connectivity index (χ3v) is 5.21. The number of nitrogens with zero attached hydrogens (tertiary/aromatic N) is 4. The molecule has 146 valence electrons. The quantitative estimate of drug-likeness (QED) is 0.405. The molecule has 0 aliphatic heterocycles. The van der Waals surface area contributed by atoms with Gasteiger partial charge in [-0.25, -0.2) is 9.07 Å². The zero-order chi connectivity index (χ0) is 20.4. The first-order chi connectivity index (χ1) is 14.0. The summed E-state index contributed by atoms with van der Waals surface area (Å²) in [5.41, 5.74) is 2.77. The zero-order valence-corrected chi connectivity index (χ0v) is 17.4. The van der Waals surface area contributed by atoms with Gasteiger partial charge in [-0.1, -0.05) is 29.8 Å². The van der Waals surface area contributed by atoms with E-state index >= 15 is 0 Å². The van der Waals surface area contributed by atoms with Crippen LogP contribution >= 0.6 is 35.4 Å². The summed E-state index contributed by atoms with van der Waals surface area (Å²) < 4.78 is 19.3. The molecule has 2 heterocycles. The van der Waals surface area contributed by atoms with Gasteiger partial charge in [0.15, 0.2) is 10.9 Å². The molecule has 0 spiro atoms. The van der Waals surface area contributed by atoms with Gasteiger partial charge in [0.05, 0.1) is 22.0 Å². The van der Waals surface area contributed by atoms with Gasteiger partial charge in [-0.2, -0.15) is 14.5 Å². The van der Waals surface area contributed by atoms with Gasteiger partial charge >= 0.3 is 0 Å². The molecule has 10 heteroatoms. The van der Waals surface area contributed by atoms with E-state index in [9.17, 15) is 4.39 Å². The lowest BCUT2D eigenvalue weighted by atomic mass is 10.2. The molecule has 0 fully saturated rings. The van der Waals surface area contributed by atoms with E-state index in [1.165, 1.54) is 23.7 Å². The molecule has 0 unspecified atom stereocenters. The Hall–Kier alpha value is -2.88. The first-order valence-corrected chi connectivity index (χ1v) is 10.0. The van der Waals surface area contributed by atoms with Crippen molar-refractivity contribution in [3.05, 3.63) is 71.3 Å². The molecular weight excluding hydrogens is 431 g/mol. The van der Waals surface area contributed by atoms with Crippen molar-refractivity contribution in [3.63, 3.8) is 0 Å². The van der Waals surface area contributed by atoms with E-state index in [0.29, 0.717) is 32.5 Å². The molecule has 29 heavy (non-hydrogen) atoms. The topological polar surface area (TPSA) is 67.7 Å². The van der Waals surface area contributed by atoms with Crippen LogP contribution in [0.2, 0.25) is 5.02 Å². The minimum absolute atomic E-state index is 0.323. The van der Waals surface area contributed by atoms with Crippen molar-refractivity contribution < 1.29 is 4.39 Å². The van der Waals surface area contributed by atoms with Crippen LogP contribution in [0.1, 0.15) is 5.69 Å². The van der Waals surface area contributed by atoms with E-state index < -0.39 is 0 Å². The van der Waals surface area contributed by atoms with Crippen molar-refractivity contribution in [2.24, 2.45) is 0 Å². The Morgan fingerprint density at radius 2 is 2.03 bits per heavy atom. The molecule has 0 saturated heterocycles. The summed E-state index contributed by atoms with van der Waals surface area (Å²) >= 11 is 12.8. The smallest absolute Gasteiger partial charge is 0.207 e. The van der Waals surface area contributed by atoms with Crippen molar-refractivity contribution in [1.82, 2.24) is 19.1 Å². The second-order valence-corrected chi connectivity index (χ2v) is 7.59. The average Bonchev–Trinajstić information content (AvgIpc) is 3.30. The van der Waals surface area contributed by atoms with Gasteiger partial charge in [0.1, 0.15) is 5.82 Å². The van der Waals surface area contributed by atoms with Crippen molar-refractivity contribution >= 4 is 57.0 Å². The highest BCUT2D eigenvalue weighted by molar-refractivity contribution is 7.80. The second-order valence-electron chi connectivity index (χ2n) is 6.04. The molecule has 0 aliphatic rings. The molecular formula is C19H14ClFN6S2. The standard InChI is InChI=1S/C19H14ClFN6S2/c1-11-14(10-27(25-11)19(28)23-16-8-3-2-7-15(16)20)17-24-18(29-26-17)22-13-6-4-5-12(21)9-13/h2-10H,1H3,(H,23,28)(H,22,24,26). The summed E-state index contributed by atoms with van der Waals surface area (Å²) in [6, 6.07) is 13.5. The summed E-state index contributed by atoms with van der Waals surface area (Å²) in [6.07, 6.45) is 1.76. The molecule has 0 aliphatic carbocycles. The highest BCUT2D eigenvalue weighted by Crippen LogP contribution is 2.26. The lowest BCUT2D eigenvalue weighted by Crippen LogP contribution is -2.19. The molecule has 0 atom stereocenters. The lowest BCUT2D eigenvalue weighted by molar-refractivity contribution is 0.628. The maximum atomic E-state index is 13.3. The van der Waals surface area contributed by atoms with E-state index in [-0.39, 0.29) is 5.82 Å². The van der Waals surface area contributed by atoms with Crippen LogP contribution in [0.3, 0.4) is 0 Å². The van der Waals surface area contributed by atoms with Crippen molar-refractivity contribution in [2.45, 2.75) is 6.92 Å².